The van der Waals surface area contributed by atoms with E-state index in [0.717, 1.165) is 61.1 Å². The summed E-state index contributed by atoms with van der Waals surface area (Å²) in [6.07, 6.45) is 8.14. The molecule has 162 valence electrons. The Bertz CT molecular complexity index is 1160. The predicted molar refractivity (Wildman–Crippen MR) is 112 cm³/mol. The van der Waals surface area contributed by atoms with Crippen LogP contribution >= 0.6 is 0 Å². The van der Waals surface area contributed by atoms with Crippen LogP contribution in [0.15, 0.2) is 23.0 Å². The quantitative estimate of drug-likeness (QED) is 0.660. The second-order valence-corrected chi connectivity index (χ2v) is 8.92. The van der Waals surface area contributed by atoms with E-state index in [-0.39, 0.29) is 18.4 Å². The maximum atomic E-state index is 13.3. The lowest BCUT2D eigenvalue weighted by Crippen LogP contribution is -3.13. The van der Waals surface area contributed by atoms with E-state index in [2.05, 4.69) is 20.5 Å². The monoisotopic (exact) mass is 423 g/mol. The van der Waals surface area contributed by atoms with Crippen molar-refractivity contribution < 1.29 is 14.4 Å². The van der Waals surface area contributed by atoms with Gasteiger partial charge < -0.3 is 19.4 Å². The van der Waals surface area contributed by atoms with Gasteiger partial charge in [-0.05, 0) is 54.7 Å². The van der Waals surface area contributed by atoms with Crippen molar-refractivity contribution in [3.63, 3.8) is 0 Å². The molecule has 1 saturated carbocycles. The molecule has 6 rings (SSSR count). The van der Waals surface area contributed by atoms with Crippen molar-refractivity contribution in [2.45, 2.75) is 57.0 Å². The average molecular weight is 423 g/mol. The molecular formula is C22H27N6O3+. The summed E-state index contributed by atoms with van der Waals surface area (Å²) >= 11 is 0. The van der Waals surface area contributed by atoms with Gasteiger partial charge in [0.2, 0.25) is 12.6 Å². The molecule has 1 saturated heterocycles. The lowest BCUT2D eigenvalue weighted by Gasteiger charge is -2.31. The van der Waals surface area contributed by atoms with Crippen molar-refractivity contribution in [3.8, 4) is 11.5 Å². The predicted octanol–water partition coefficient (Wildman–Crippen LogP) is 1.52. The molecule has 2 aliphatic heterocycles. The molecule has 0 unspecified atom stereocenters. The first-order valence-corrected chi connectivity index (χ1v) is 11.4. The molecule has 2 aromatic heterocycles. The lowest BCUT2D eigenvalue weighted by atomic mass is 10.00. The number of quaternary nitrogens is 1. The molecule has 2 fully saturated rings. The number of nitrogens with one attached hydrogen (secondary N) is 2. The fraction of sp³-hybridized carbons (Fsp3) is 0.545. The first-order valence-electron chi connectivity index (χ1n) is 11.4. The maximum Gasteiger partial charge on any atom is 0.258 e. The van der Waals surface area contributed by atoms with Gasteiger partial charge in [0.25, 0.3) is 5.56 Å². The molecule has 3 aromatic rings. The summed E-state index contributed by atoms with van der Waals surface area (Å²) < 4.78 is 13.0. The highest BCUT2D eigenvalue weighted by Gasteiger charge is 2.36. The first kappa shape index (κ1) is 18.8. The van der Waals surface area contributed by atoms with Gasteiger partial charge in [-0.2, -0.15) is 0 Å². The summed E-state index contributed by atoms with van der Waals surface area (Å²) in [6, 6.07) is 5.92. The van der Waals surface area contributed by atoms with Crippen molar-refractivity contribution in [1.29, 1.82) is 0 Å². The van der Waals surface area contributed by atoms with Gasteiger partial charge in [-0.25, -0.2) is 4.68 Å². The van der Waals surface area contributed by atoms with Gasteiger partial charge in [-0.3, -0.25) is 4.79 Å². The molecule has 2 N–H and O–H groups in total. The minimum absolute atomic E-state index is 0.0876. The summed E-state index contributed by atoms with van der Waals surface area (Å²) in [5.74, 6) is 2.19. The highest BCUT2D eigenvalue weighted by molar-refractivity contribution is 5.83. The van der Waals surface area contributed by atoms with Gasteiger partial charge in [0.05, 0.1) is 30.2 Å². The third kappa shape index (κ3) is 3.27. The zero-order valence-corrected chi connectivity index (χ0v) is 17.5. The van der Waals surface area contributed by atoms with E-state index in [1.54, 1.807) is 0 Å². The van der Waals surface area contributed by atoms with Crippen LogP contribution in [0.5, 0.6) is 11.5 Å². The van der Waals surface area contributed by atoms with Gasteiger partial charge in [-0.1, -0.05) is 12.8 Å². The van der Waals surface area contributed by atoms with Crippen LogP contribution in [0.25, 0.3) is 10.9 Å². The molecular weight excluding hydrogens is 396 g/mol. The van der Waals surface area contributed by atoms with Gasteiger partial charge in [0.1, 0.15) is 0 Å². The molecule has 0 spiro atoms. The Hall–Kier alpha value is -2.94. The number of fused-ring (bicyclic) bond motifs is 2. The Balaban J connectivity index is 1.49. The summed E-state index contributed by atoms with van der Waals surface area (Å²) in [6.45, 7) is 2.24. The number of pyridine rings is 1. The molecule has 9 heteroatoms. The third-order valence-corrected chi connectivity index (χ3v) is 7.03. The Kier molecular flexibility index (Phi) is 4.63. The molecule has 4 heterocycles. The summed E-state index contributed by atoms with van der Waals surface area (Å²) in [4.78, 5) is 17.8. The van der Waals surface area contributed by atoms with E-state index in [9.17, 15) is 4.79 Å². The number of tetrazole rings is 1. The van der Waals surface area contributed by atoms with Crippen LogP contribution in [0.4, 0.5) is 0 Å². The minimum atomic E-state index is -0.186. The molecule has 3 aliphatic rings. The molecule has 0 bridgehead atoms. The van der Waals surface area contributed by atoms with Crippen LogP contribution in [0, 0.1) is 0 Å². The Morgan fingerprint density at radius 1 is 1.03 bits per heavy atom. The standard InChI is InChI=1S/C22H26N6O3/c29-22-16(10-14-11-18-19(31-13-30-18)12-17(14)23-22)20(27-8-4-1-5-9-27)21-24-25-26-28(21)15-6-2-3-7-15/h10-12,15,20H,1-9,13H2,(H,23,29)/p+1/t20-/m0/s1. The van der Waals surface area contributed by atoms with E-state index < -0.39 is 0 Å². The molecule has 31 heavy (non-hydrogen) atoms. The normalized spacial score (nSPS) is 20.5. The third-order valence-electron chi connectivity index (χ3n) is 7.03. The van der Waals surface area contributed by atoms with Crippen LogP contribution in [-0.2, 0) is 0 Å². The van der Waals surface area contributed by atoms with Crippen LogP contribution in [0.2, 0.25) is 0 Å². The van der Waals surface area contributed by atoms with Crippen LogP contribution in [-0.4, -0.2) is 45.1 Å². The number of hydrogen-bond donors (Lipinski definition) is 2. The van der Waals surface area contributed by atoms with E-state index in [1.165, 1.54) is 24.2 Å². The highest BCUT2D eigenvalue weighted by Crippen LogP contribution is 2.36. The maximum absolute atomic E-state index is 13.3. The zero-order valence-electron chi connectivity index (χ0n) is 17.5. The van der Waals surface area contributed by atoms with Crippen molar-refractivity contribution in [2.24, 2.45) is 0 Å². The van der Waals surface area contributed by atoms with Crippen molar-refractivity contribution in [3.05, 3.63) is 39.9 Å². The van der Waals surface area contributed by atoms with E-state index in [1.807, 2.05) is 22.9 Å². The van der Waals surface area contributed by atoms with Gasteiger partial charge >= 0.3 is 0 Å². The molecule has 1 atom stereocenters. The minimum Gasteiger partial charge on any atom is -0.454 e. The summed E-state index contributed by atoms with van der Waals surface area (Å²) in [5, 5.41) is 13.8. The molecule has 9 nitrogen and oxygen atoms in total. The summed E-state index contributed by atoms with van der Waals surface area (Å²) in [7, 11) is 0. The second-order valence-electron chi connectivity index (χ2n) is 8.92. The van der Waals surface area contributed by atoms with Crippen molar-refractivity contribution in [1.82, 2.24) is 25.2 Å². The number of benzene rings is 1. The van der Waals surface area contributed by atoms with Crippen molar-refractivity contribution >= 4 is 10.9 Å². The SMILES string of the molecule is O=c1[nH]c2cc3c(cc2cc1[C@@H](c1nnnn1C1CCCC1)[NH+]1CCCCC1)OCO3. The molecule has 1 aromatic carbocycles. The number of rotatable bonds is 4. The number of aromatic amines is 1. The Morgan fingerprint density at radius 3 is 2.61 bits per heavy atom. The van der Waals surface area contributed by atoms with E-state index in [4.69, 9.17) is 9.47 Å². The van der Waals surface area contributed by atoms with Crippen LogP contribution in [0.3, 0.4) is 0 Å². The van der Waals surface area contributed by atoms with Gasteiger partial charge in [0.15, 0.2) is 17.5 Å². The van der Waals surface area contributed by atoms with E-state index in [0.29, 0.717) is 17.5 Å². The highest BCUT2D eigenvalue weighted by atomic mass is 16.7. The average Bonchev–Trinajstić information content (AvgIpc) is 3.55. The fourth-order valence-corrected chi connectivity index (χ4v) is 5.46. The fourth-order valence-electron chi connectivity index (χ4n) is 5.46. The molecule has 0 amide bonds. The summed E-state index contributed by atoms with van der Waals surface area (Å²) in [5.41, 5.74) is 1.38. The molecule has 1 aliphatic carbocycles. The van der Waals surface area contributed by atoms with Crippen LogP contribution < -0.4 is 19.9 Å². The number of nitrogens with zero attached hydrogens (tertiary/aromatic N) is 4. The number of aromatic nitrogens is 5. The first-order chi connectivity index (χ1) is 15.3. The smallest absolute Gasteiger partial charge is 0.258 e. The van der Waals surface area contributed by atoms with Gasteiger partial charge in [0, 0.05) is 11.5 Å². The number of H-pyrrole nitrogens is 1. The largest absolute Gasteiger partial charge is 0.454 e. The number of piperidine rings is 1. The zero-order chi connectivity index (χ0) is 20.8. The number of hydrogen-bond acceptors (Lipinski definition) is 6. The van der Waals surface area contributed by atoms with E-state index >= 15 is 0 Å². The topological polar surface area (TPSA) is 99.4 Å². The van der Waals surface area contributed by atoms with Crippen LogP contribution in [0.1, 0.15) is 68.4 Å². The van der Waals surface area contributed by atoms with Crippen molar-refractivity contribution in [2.75, 3.05) is 19.9 Å². The molecule has 0 radical (unpaired) electrons. The van der Waals surface area contributed by atoms with Gasteiger partial charge in [-0.15, -0.1) is 5.10 Å². The Morgan fingerprint density at radius 2 is 1.81 bits per heavy atom. The number of ether oxygens (including phenoxy) is 2. The number of likely N-dealkylation sites (tertiary alicyclic amines) is 1. The second kappa shape index (κ2) is 7.64. The lowest BCUT2D eigenvalue weighted by molar-refractivity contribution is -0.931. The Labute approximate surface area is 179 Å².